The van der Waals surface area contributed by atoms with E-state index in [1.807, 2.05) is 13.8 Å². The maximum absolute atomic E-state index is 13.4. The smallest absolute Gasteiger partial charge is 0.379 e. The molecule has 0 atom stereocenters. The highest BCUT2D eigenvalue weighted by molar-refractivity contribution is 5.94. The average Bonchev–Trinajstić information content (AvgIpc) is 2.36. The van der Waals surface area contributed by atoms with E-state index in [9.17, 15) is 22.4 Å². The molecule has 0 unspecified atom stereocenters. The van der Waals surface area contributed by atoms with Gasteiger partial charge in [0.1, 0.15) is 5.82 Å². The van der Waals surface area contributed by atoms with Crippen molar-refractivity contribution in [2.75, 3.05) is 13.2 Å². The SMILES string of the molecule is CC(C)OCCCNC(=O)c1cc(C(F)(F)F)ccc1F. The fourth-order valence-corrected chi connectivity index (χ4v) is 1.56. The lowest BCUT2D eigenvalue weighted by Gasteiger charge is -2.11. The van der Waals surface area contributed by atoms with Crippen molar-refractivity contribution < 1.29 is 27.1 Å². The summed E-state index contributed by atoms with van der Waals surface area (Å²) in [5.74, 6) is -1.86. The van der Waals surface area contributed by atoms with E-state index in [1.165, 1.54) is 0 Å². The molecule has 0 aliphatic rings. The Labute approximate surface area is 120 Å². The van der Waals surface area contributed by atoms with E-state index in [0.29, 0.717) is 31.2 Å². The highest BCUT2D eigenvalue weighted by Crippen LogP contribution is 2.30. The maximum atomic E-state index is 13.4. The molecule has 0 saturated carbocycles. The summed E-state index contributed by atoms with van der Waals surface area (Å²) in [7, 11) is 0. The van der Waals surface area contributed by atoms with Gasteiger partial charge < -0.3 is 10.1 Å². The normalized spacial score (nSPS) is 11.8. The van der Waals surface area contributed by atoms with Crippen molar-refractivity contribution in [2.45, 2.75) is 32.5 Å². The second-order valence-electron chi connectivity index (χ2n) is 4.72. The average molecular weight is 307 g/mol. The van der Waals surface area contributed by atoms with Gasteiger partial charge in [-0.05, 0) is 38.5 Å². The molecule has 1 rings (SSSR count). The molecule has 21 heavy (non-hydrogen) atoms. The van der Waals surface area contributed by atoms with Crippen molar-refractivity contribution in [3.05, 3.63) is 35.1 Å². The summed E-state index contributed by atoms with van der Waals surface area (Å²) in [6, 6.07) is 1.75. The predicted molar refractivity (Wildman–Crippen MR) is 69.4 cm³/mol. The van der Waals surface area contributed by atoms with Gasteiger partial charge in [-0.2, -0.15) is 13.2 Å². The molecule has 0 aromatic heterocycles. The lowest BCUT2D eigenvalue weighted by atomic mass is 10.1. The molecule has 0 fully saturated rings. The zero-order valence-electron chi connectivity index (χ0n) is 11.8. The van der Waals surface area contributed by atoms with Crippen LogP contribution in [0.5, 0.6) is 0 Å². The quantitative estimate of drug-likeness (QED) is 0.646. The van der Waals surface area contributed by atoms with E-state index < -0.39 is 29.0 Å². The van der Waals surface area contributed by atoms with Crippen LogP contribution < -0.4 is 5.32 Å². The third-order valence-electron chi connectivity index (χ3n) is 2.60. The Morgan fingerprint density at radius 2 is 2.00 bits per heavy atom. The summed E-state index contributed by atoms with van der Waals surface area (Å²) in [4.78, 5) is 11.7. The first-order chi connectivity index (χ1) is 9.71. The van der Waals surface area contributed by atoms with Gasteiger partial charge in [0.05, 0.1) is 17.2 Å². The number of carbonyl (C=O) groups excluding carboxylic acids is 1. The summed E-state index contributed by atoms with van der Waals surface area (Å²) in [6.45, 7) is 4.32. The van der Waals surface area contributed by atoms with Crippen molar-refractivity contribution in [3.8, 4) is 0 Å². The zero-order chi connectivity index (χ0) is 16.0. The van der Waals surface area contributed by atoms with E-state index in [2.05, 4.69) is 5.32 Å². The molecule has 118 valence electrons. The number of rotatable bonds is 6. The molecule has 0 spiro atoms. The summed E-state index contributed by atoms with van der Waals surface area (Å²) in [5, 5.41) is 2.37. The van der Waals surface area contributed by atoms with Crippen molar-refractivity contribution in [1.82, 2.24) is 5.32 Å². The fraction of sp³-hybridized carbons (Fsp3) is 0.500. The highest BCUT2D eigenvalue weighted by Gasteiger charge is 2.31. The van der Waals surface area contributed by atoms with Crippen LogP contribution in [0.15, 0.2) is 18.2 Å². The van der Waals surface area contributed by atoms with Gasteiger partial charge in [0.25, 0.3) is 5.91 Å². The van der Waals surface area contributed by atoms with E-state index in [4.69, 9.17) is 4.74 Å². The van der Waals surface area contributed by atoms with Crippen molar-refractivity contribution >= 4 is 5.91 Å². The molecule has 1 N–H and O–H groups in total. The van der Waals surface area contributed by atoms with Crippen LogP contribution in [0.25, 0.3) is 0 Å². The van der Waals surface area contributed by atoms with Crippen LogP contribution in [-0.4, -0.2) is 25.2 Å². The highest BCUT2D eigenvalue weighted by atomic mass is 19.4. The molecular formula is C14H17F4NO2. The monoisotopic (exact) mass is 307 g/mol. The number of amides is 1. The zero-order valence-corrected chi connectivity index (χ0v) is 11.8. The van der Waals surface area contributed by atoms with Crippen LogP contribution in [0, 0.1) is 5.82 Å². The lowest BCUT2D eigenvalue weighted by Crippen LogP contribution is -2.27. The third-order valence-corrected chi connectivity index (χ3v) is 2.60. The number of benzene rings is 1. The number of hydrogen-bond acceptors (Lipinski definition) is 2. The van der Waals surface area contributed by atoms with Gasteiger partial charge in [-0.1, -0.05) is 0 Å². The fourth-order valence-electron chi connectivity index (χ4n) is 1.56. The second-order valence-corrected chi connectivity index (χ2v) is 4.72. The first-order valence-electron chi connectivity index (χ1n) is 6.48. The molecule has 0 heterocycles. The van der Waals surface area contributed by atoms with Crippen molar-refractivity contribution in [1.29, 1.82) is 0 Å². The molecule has 0 aliphatic heterocycles. The van der Waals surface area contributed by atoms with E-state index in [1.54, 1.807) is 0 Å². The van der Waals surface area contributed by atoms with E-state index in [-0.39, 0.29) is 12.6 Å². The van der Waals surface area contributed by atoms with Gasteiger partial charge in [0, 0.05) is 13.2 Å². The summed E-state index contributed by atoms with van der Waals surface area (Å²) < 4.78 is 56.2. The number of carbonyl (C=O) groups is 1. The Balaban J connectivity index is 2.61. The first kappa shape index (κ1) is 17.4. The molecule has 0 saturated heterocycles. The molecule has 0 bridgehead atoms. The van der Waals surface area contributed by atoms with Crippen molar-refractivity contribution in [2.24, 2.45) is 0 Å². The van der Waals surface area contributed by atoms with E-state index >= 15 is 0 Å². The van der Waals surface area contributed by atoms with Crippen LogP contribution in [0.2, 0.25) is 0 Å². The predicted octanol–water partition coefficient (Wildman–Crippen LogP) is 3.39. The molecule has 1 amide bonds. The molecule has 3 nitrogen and oxygen atoms in total. The largest absolute Gasteiger partial charge is 0.416 e. The van der Waals surface area contributed by atoms with Crippen LogP contribution in [0.4, 0.5) is 17.6 Å². The topological polar surface area (TPSA) is 38.3 Å². The second kappa shape index (κ2) is 7.40. The standard InChI is InChI=1S/C14H17F4NO2/c1-9(2)21-7-3-6-19-13(20)11-8-10(14(16,17)18)4-5-12(11)15/h4-5,8-9H,3,6-7H2,1-2H3,(H,19,20). The Morgan fingerprint density at radius 3 is 2.57 bits per heavy atom. The van der Waals surface area contributed by atoms with Crippen LogP contribution in [0.1, 0.15) is 36.2 Å². The van der Waals surface area contributed by atoms with Gasteiger partial charge in [-0.3, -0.25) is 4.79 Å². The number of ether oxygens (including phenoxy) is 1. The Morgan fingerprint density at radius 1 is 1.33 bits per heavy atom. The van der Waals surface area contributed by atoms with Gasteiger partial charge in [-0.25, -0.2) is 4.39 Å². The van der Waals surface area contributed by atoms with Crippen LogP contribution in [0.3, 0.4) is 0 Å². The molecule has 1 aromatic rings. The third kappa shape index (κ3) is 5.71. The summed E-state index contributed by atoms with van der Waals surface area (Å²) >= 11 is 0. The summed E-state index contributed by atoms with van der Waals surface area (Å²) in [5.41, 5.74) is -1.67. The number of nitrogens with one attached hydrogen (secondary N) is 1. The minimum absolute atomic E-state index is 0.0570. The van der Waals surface area contributed by atoms with Gasteiger partial charge in [0.2, 0.25) is 0 Å². The Bertz CT molecular complexity index is 486. The first-order valence-corrected chi connectivity index (χ1v) is 6.48. The Kier molecular flexibility index (Phi) is 6.14. The molecular weight excluding hydrogens is 290 g/mol. The minimum atomic E-state index is -4.62. The van der Waals surface area contributed by atoms with Crippen LogP contribution >= 0.6 is 0 Å². The number of hydrogen-bond donors (Lipinski definition) is 1. The number of halogens is 4. The maximum Gasteiger partial charge on any atom is 0.416 e. The van der Waals surface area contributed by atoms with Gasteiger partial charge >= 0.3 is 6.18 Å². The molecule has 7 heteroatoms. The van der Waals surface area contributed by atoms with E-state index in [0.717, 1.165) is 0 Å². The van der Waals surface area contributed by atoms with Crippen LogP contribution in [-0.2, 0) is 10.9 Å². The van der Waals surface area contributed by atoms with Crippen molar-refractivity contribution in [3.63, 3.8) is 0 Å². The molecule has 0 radical (unpaired) electrons. The molecule has 1 aromatic carbocycles. The van der Waals surface area contributed by atoms with Gasteiger partial charge in [-0.15, -0.1) is 0 Å². The summed E-state index contributed by atoms with van der Waals surface area (Å²) in [6.07, 6.45) is -4.07. The Hall–Kier alpha value is -1.63. The minimum Gasteiger partial charge on any atom is -0.379 e. The van der Waals surface area contributed by atoms with Gasteiger partial charge in [0.15, 0.2) is 0 Å². The number of alkyl halides is 3. The lowest BCUT2D eigenvalue weighted by molar-refractivity contribution is -0.137. The molecule has 0 aliphatic carbocycles.